The number of fused-ring (bicyclic) bond motifs is 1. The fraction of sp³-hybridized carbons (Fsp3) is 0.412. The van der Waals surface area contributed by atoms with E-state index in [0.29, 0.717) is 6.61 Å². The third-order valence-corrected chi connectivity index (χ3v) is 4.76. The van der Waals surface area contributed by atoms with Crippen LogP contribution < -0.4 is 0 Å². The first-order valence-electron chi connectivity index (χ1n) is 7.41. The lowest BCUT2D eigenvalue weighted by molar-refractivity contribution is -0.148. The van der Waals surface area contributed by atoms with E-state index in [0.717, 1.165) is 25.7 Å². The second kappa shape index (κ2) is 6.39. The first-order valence-corrected chi connectivity index (χ1v) is 8.29. The number of thiazole rings is 1. The summed E-state index contributed by atoms with van der Waals surface area (Å²) in [6.45, 7) is 2.33. The van der Waals surface area contributed by atoms with E-state index in [1.54, 1.807) is 11.3 Å². The van der Waals surface area contributed by atoms with Crippen LogP contribution in [0.15, 0.2) is 29.9 Å². The zero-order chi connectivity index (χ0) is 14.7. The normalized spacial score (nSPS) is 17.3. The summed E-state index contributed by atoms with van der Waals surface area (Å²) < 4.78 is 5.15. The summed E-state index contributed by atoms with van der Waals surface area (Å²) in [6.07, 6.45) is 5.56. The summed E-state index contributed by atoms with van der Waals surface area (Å²) in [4.78, 5) is 17.3. The number of carbonyl (C=O) groups is 1. The molecule has 21 heavy (non-hydrogen) atoms. The monoisotopic (exact) mass is 301 g/mol. The van der Waals surface area contributed by atoms with E-state index < -0.39 is 0 Å². The van der Waals surface area contributed by atoms with Gasteiger partial charge in [-0.05, 0) is 42.9 Å². The summed E-state index contributed by atoms with van der Waals surface area (Å²) in [7, 11) is 0. The standard InChI is InChI=1S/C17H19NO2S/c1-2-20-17(19)15-6-5-13-7-12(3-4-14(13)9-15)8-16-10-18-11-21-16/h3-4,7,10-11,15H,2,5-6,8-9H2,1H3. The lowest BCUT2D eigenvalue weighted by atomic mass is 9.83. The minimum absolute atomic E-state index is 0.0322. The van der Waals surface area contributed by atoms with Gasteiger partial charge in [0.25, 0.3) is 0 Å². The van der Waals surface area contributed by atoms with Gasteiger partial charge in [0.2, 0.25) is 0 Å². The molecule has 1 atom stereocenters. The molecule has 3 rings (SSSR count). The molecule has 0 radical (unpaired) electrons. The minimum atomic E-state index is -0.0445. The predicted octanol–water partition coefficient (Wildman–Crippen LogP) is 3.40. The van der Waals surface area contributed by atoms with Gasteiger partial charge in [-0.3, -0.25) is 9.78 Å². The Balaban J connectivity index is 1.72. The van der Waals surface area contributed by atoms with E-state index in [-0.39, 0.29) is 11.9 Å². The van der Waals surface area contributed by atoms with E-state index in [1.165, 1.54) is 21.6 Å². The van der Waals surface area contributed by atoms with Crippen LogP contribution in [0.4, 0.5) is 0 Å². The zero-order valence-electron chi connectivity index (χ0n) is 12.2. The molecule has 0 amide bonds. The molecule has 0 fully saturated rings. The molecule has 0 saturated carbocycles. The van der Waals surface area contributed by atoms with Crippen LogP contribution in [0, 0.1) is 5.92 Å². The maximum absolute atomic E-state index is 11.9. The molecular formula is C17H19NO2S. The second-order valence-corrected chi connectivity index (χ2v) is 6.41. The van der Waals surface area contributed by atoms with Gasteiger partial charge in [0.05, 0.1) is 18.0 Å². The van der Waals surface area contributed by atoms with Crippen molar-refractivity contribution in [1.29, 1.82) is 0 Å². The van der Waals surface area contributed by atoms with E-state index in [1.807, 2.05) is 18.6 Å². The number of rotatable bonds is 4. The van der Waals surface area contributed by atoms with Crippen LogP contribution in [0.2, 0.25) is 0 Å². The molecule has 0 bridgehead atoms. The summed E-state index contributed by atoms with van der Waals surface area (Å²) in [5, 5.41) is 0. The van der Waals surface area contributed by atoms with E-state index >= 15 is 0 Å². The van der Waals surface area contributed by atoms with Gasteiger partial charge in [-0.1, -0.05) is 18.2 Å². The van der Waals surface area contributed by atoms with E-state index in [2.05, 4.69) is 23.2 Å². The highest BCUT2D eigenvalue weighted by atomic mass is 32.1. The molecule has 1 aliphatic rings. The van der Waals surface area contributed by atoms with Gasteiger partial charge in [0.15, 0.2) is 0 Å². The van der Waals surface area contributed by atoms with Gasteiger partial charge < -0.3 is 4.74 Å². The van der Waals surface area contributed by atoms with Crippen molar-refractivity contribution in [3.63, 3.8) is 0 Å². The number of aromatic nitrogens is 1. The van der Waals surface area contributed by atoms with Crippen molar-refractivity contribution in [2.45, 2.75) is 32.6 Å². The van der Waals surface area contributed by atoms with Crippen LogP contribution in [0.5, 0.6) is 0 Å². The van der Waals surface area contributed by atoms with Crippen molar-refractivity contribution in [1.82, 2.24) is 4.98 Å². The van der Waals surface area contributed by atoms with Gasteiger partial charge in [0, 0.05) is 17.5 Å². The van der Waals surface area contributed by atoms with Crippen LogP contribution in [-0.2, 0) is 28.8 Å². The van der Waals surface area contributed by atoms with Gasteiger partial charge in [-0.15, -0.1) is 11.3 Å². The summed E-state index contributed by atoms with van der Waals surface area (Å²) >= 11 is 1.69. The number of carbonyl (C=O) groups excluding carboxylic acids is 1. The molecule has 4 heteroatoms. The highest BCUT2D eigenvalue weighted by molar-refractivity contribution is 7.09. The van der Waals surface area contributed by atoms with Crippen LogP contribution >= 0.6 is 11.3 Å². The highest BCUT2D eigenvalue weighted by Crippen LogP contribution is 2.28. The van der Waals surface area contributed by atoms with Crippen LogP contribution in [0.3, 0.4) is 0 Å². The smallest absolute Gasteiger partial charge is 0.309 e. The van der Waals surface area contributed by atoms with Gasteiger partial charge in [-0.25, -0.2) is 0 Å². The molecule has 0 aliphatic heterocycles. The maximum Gasteiger partial charge on any atom is 0.309 e. The topological polar surface area (TPSA) is 39.2 Å². The van der Waals surface area contributed by atoms with Crippen LogP contribution in [-0.4, -0.2) is 17.6 Å². The maximum atomic E-state index is 11.9. The van der Waals surface area contributed by atoms with Crippen molar-refractivity contribution in [3.05, 3.63) is 51.5 Å². The summed E-state index contributed by atoms with van der Waals surface area (Å²) in [5.41, 5.74) is 5.88. The molecule has 1 heterocycles. The lowest BCUT2D eigenvalue weighted by Gasteiger charge is -2.23. The average molecular weight is 301 g/mol. The van der Waals surface area contributed by atoms with Crippen LogP contribution in [0.1, 0.15) is 34.9 Å². The van der Waals surface area contributed by atoms with E-state index in [9.17, 15) is 4.79 Å². The van der Waals surface area contributed by atoms with Crippen molar-refractivity contribution in [2.24, 2.45) is 5.92 Å². The van der Waals surface area contributed by atoms with Gasteiger partial charge in [-0.2, -0.15) is 0 Å². The van der Waals surface area contributed by atoms with Crippen LogP contribution in [0.25, 0.3) is 0 Å². The minimum Gasteiger partial charge on any atom is -0.466 e. The van der Waals surface area contributed by atoms with Crippen molar-refractivity contribution >= 4 is 17.3 Å². The molecule has 3 nitrogen and oxygen atoms in total. The Morgan fingerprint density at radius 1 is 1.43 bits per heavy atom. The Bertz CT molecular complexity index is 622. The predicted molar refractivity (Wildman–Crippen MR) is 83.5 cm³/mol. The summed E-state index contributed by atoms with van der Waals surface area (Å²) in [6, 6.07) is 6.64. The molecule has 1 aromatic heterocycles. The third-order valence-electron chi connectivity index (χ3n) is 3.98. The van der Waals surface area contributed by atoms with Crippen molar-refractivity contribution in [3.8, 4) is 0 Å². The molecule has 0 N–H and O–H groups in total. The summed E-state index contributed by atoms with van der Waals surface area (Å²) in [5.74, 6) is -0.0123. The second-order valence-electron chi connectivity index (χ2n) is 5.44. The largest absolute Gasteiger partial charge is 0.466 e. The number of hydrogen-bond donors (Lipinski definition) is 0. The number of esters is 1. The van der Waals surface area contributed by atoms with Gasteiger partial charge >= 0.3 is 5.97 Å². The fourth-order valence-corrected chi connectivity index (χ4v) is 3.54. The Labute approximate surface area is 129 Å². The van der Waals surface area contributed by atoms with Gasteiger partial charge in [0.1, 0.15) is 0 Å². The molecule has 1 aromatic carbocycles. The molecule has 1 unspecified atom stereocenters. The quantitative estimate of drug-likeness (QED) is 0.813. The highest BCUT2D eigenvalue weighted by Gasteiger charge is 2.25. The van der Waals surface area contributed by atoms with E-state index in [4.69, 9.17) is 4.74 Å². The number of aryl methyl sites for hydroxylation is 1. The lowest BCUT2D eigenvalue weighted by Crippen LogP contribution is -2.24. The zero-order valence-corrected chi connectivity index (χ0v) is 13.0. The SMILES string of the molecule is CCOC(=O)C1CCc2cc(Cc3cncs3)ccc2C1. The molecule has 2 aromatic rings. The van der Waals surface area contributed by atoms with Crippen molar-refractivity contribution < 1.29 is 9.53 Å². The first kappa shape index (κ1) is 14.3. The Kier molecular flexibility index (Phi) is 4.34. The Morgan fingerprint density at radius 2 is 2.33 bits per heavy atom. The molecule has 1 aliphatic carbocycles. The number of benzene rings is 1. The molecule has 110 valence electrons. The molecule has 0 spiro atoms. The fourth-order valence-electron chi connectivity index (χ4n) is 2.91. The average Bonchev–Trinajstić information content (AvgIpc) is 3.00. The molecular weight excluding hydrogens is 282 g/mol. The Morgan fingerprint density at radius 3 is 3.10 bits per heavy atom. The van der Waals surface area contributed by atoms with Crippen molar-refractivity contribution in [2.75, 3.05) is 6.61 Å². The third kappa shape index (κ3) is 3.32. The first-order chi connectivity index (χ1) is 10.3. The number of ether oxygens (including phenoxy) is 1. The number of hydrogen-bond acceptors (Lipinski definition) is 4. The number of nitrogens with zero attached hydrogens (tertiary/aromatic N) is 1. The Hall–Kier alpha value is -1.68. The molecule has 0 saturated heterocycles.